The first-order valence-electron chi connectivity index (χ1n) is 7.58. The zero-order valence-electron chi connectivity index (χ0n) is 13.6. The van der Waals surface area contributed by atoms with E-state index in [-0.39, 0.29) is 12.0 Å². The molecule has 2 atom stereocenters. The second kappa shape index (κ2) is 8.15. The van der Waals surface area contributed by atoms with Crippen LogP contribution in [0.5, 0.6) is 0 Å². The number of hydrogen-bond acceptors (Lipinski definition) is 3. The van der Waals surface area contributed by atoms with E-state index in [9.17, 15) is 4.79 Å². The van der Waals surface area contributed by atoms with Crippen LogP contribution in [0.15, 0.2) is 30.3 Å². The number of benzene rings is 1. The van der Waals surface area contributed by atoms with Crippen LogP contribution in [0.1, 0.15) is 39.2 Å². The van der Waals surface area contributed by atoms with Gasteiger partial charge in [-0.2, -0.15) is 0 Å². The minimum absolute atomic E-state index is 0.184. The number of carbonyl (C=O) groups excluding carboxylic acids is 1. The molecule has 1 aromatic carbocycles. The van der Waals surface area contributed by atoms with E-state index in [0.717, 1.165) is 12.0 Å². The Hall–Kier alpha value is -1.39. The van der Waals surface area contributed by atoms with Crippen LogP contribution in [-0.2, 0) is 15.1 Å². The summed E-state index contributed by atoms with van der Waals surface area (Å²) in [6.07, 6.45) is 1.71. The number of likely N-dealkylation sites (N-methyl/N-ethyl adjacent to an activating group) is 1. The van der Waals surface area contributed by atoms with Gasteiger partial charge in [0.05, 0.1) is 6.10 Å². The molecule has 1 aromatic rings. The number of amides is 1. The van der Waals surface area contributed by atoms with Gasteiger partial charge in [0.1, 0.15) is 5.54 Å². The lowest BCUT2D eigenvalue weighted by Gasteiger charge is -2.31. The Morgan fingerprint density at radius 3 is 2.38 bits per heavy atom. The SMILES string of the molecule is CNC(CCOC(C)CC(C)C)(C(N)=O)c1ccccc1. The van der Waals surface area contributed by atoms with Crippen molar-refractivity contribution in [2.24, 2.45) is 11.7 Å². The summed E-state index contributed by atoms with van der Waals surface area (Å²) in [5.41, 5.74) is 5.65. The van der Waals surface area contributed by atoms with Gasteiger partial charge in [0.15, 0.2) is 0 Å². The number of carbonyl (C=O) groups is 1. The number of primary amides is 1. The molecule has 0 bridgehead atoms. The molecule has 118 valence electrons. The smallest absolute Gasteiger partial charge is 0.242 e. The summed E-state index contributed by atoms with van der Waals surface area (Å²) in [6.45, 7) is 6.90. The fourth-order valence-electron chi connectivity index (χ4n) is 2.67. The van der Waals surface area contributed by atoms with Crippen LogP contribution in [0.3, 0.4) is 0 Å². The highest BCUT2D eigenvalue weighted by atomic mass is 16.5. The van der Waals surface area contributed by atoms with Crippen molar-refractivity contribution < 1.29 is 9.53 Å². The summed E-state index contributed by atoms with van der Waals surface area (Å²) in [7, 11) is 1.76. The van der Waals surface area contributed by atoms with Crippen molar-refractivity contribution in [2.45, 2.75) is 45.3 Å². The molecule has 1 rings (SSSR count). The van der Waals surface area contributed by atoms with E-state index < -0.39 is 5.54 Å². The van der Waals surface area contributed by atoms with Crippen LogP contribution in [0, 0.1) is 5.92 Å². The quantitative estimate of drug-likeness (QED) is 0.734. The molecule has 4 nitrogen and oxygen atoms in total. The Labute approximate surface area is 128 Å². The lowest BCUT2D eigenvalue weighted by atomic mass is 9.86. The standard InChI is InChI=1S/C17H28N2O2/c1-13(2)12-14(3)21-11-10-17(19-4,16(18)20)15-8-6-5-7-9-15/h5-9,13-14,19H,10-12H2,1-4H3,(H2,18,20). The van der Waals surface area contributed by atoms with E-state index in [1.54, 1.807) is 7.05 Å². The monoisotopic (exact) mass is 292 g/mol. The van der Waals surface area contributed by atoms with Crippen LogP contribution in [0.4, 0.5) is 0 Å². The van der Waals surface area contributed by atoms with Crippen molar-refractivity contribution in [2.75, 3.05) is 13.7 Å². The van der Waals surface area contributed by atoms with E-state index in [1.807, 2.05) is 30.3 Å². The Morgan fingerprint density at radius 1 is 1.29 bits per heavy atom. The summed E-state index contributed by atoms with van der Waals surface area (Å²) in [5, 5.41) is 3.09. The molecule has 0 aliphatic carbocycles. The average molecular weight is 292 g/mol. The third-order valence-corrected chi connectivity index (χ3v) is 3.80. The van der Waals surface area contributed by atoms with Gasteiger partial charge in [0.25, 0.3) is 0 Å². The Kier molecular flexibility index (Phi) is 6.85. The average Bonchev–Trinajstić information content (AvgIpc) is 2.43. The molecule has 0 saturated heterocycles. The first kappa shape index (κ1) is 17.7. The van der Waals surface area contributed by atoms with Crippen molar-refractivity contribution in [3.05, 3.63) is 35.9 Å². The predicted molar refractivity (Wildman–Crippen MR) is 85.9 cm³/mol. The summed E-state index contributed by atoms with van der Waals surface area (Å²) in [4.78, 5) is 12.0. The molecule has 21 heavy (non-hydrogen) atoms. The Morgan fingerprint density at radius 2 is 1.90 bits per heavy atom. The highest BCUT2D eigenvalue weighted by Gasteiger charge is 2.36. The van der Waals surface area contributed by atoms with Crippen LogP contribution < -0.4 is 11.1 Å². The highest BCUT2D eigenvalue weighted by molar-refractivity contribution is 5.86. The van der Waals surface area contributed by atoms with Crippen LogP contribution >= 0.6 is 0 Å². The van der Waals surface area contributed by atoms with Gasteiger partial charge in [-0.05, 0) is 31.9 Å². The van der Waals surface area contributed by atoms with Gasteiger partial charge >= 0.3 is 0 Å². The molecule has 4 heteroatoms. The maximum atomic E-state index is 12.0. The van der Waals surface area contributed by atoms with Crippen molar-refractivity contribution in [3.8, 4) is 0 Å². The molecule has 0 radical (unpaired) electrons. The fourth-order valence-corrected chi connectivity index (χ4v) is 2.67. The van der Waals surface area contributed by atoms with E-state index in [4.69, 9.17) is 10.5 Å². The lowest BCUT2D eigenvalue weighted by Crippen LogP contribution is -2.52. The molecule has 0 fully saturated rings. The summed E-state index contributed by atoms with van der Waals surface area (Å²) >= 11 is 0. The molecule has 2 unspecified atom stereocenters. The lowest BCUT2D eigenvalue weighted by molar-refractivity contribution is -0.125. The Bertz CT molecular complexity index is 434. The predicted octanol–water partition coefficient (Wildman–Crippen LogP) is 2.43. The first-order valence-corrected chi connectivity index (χ1v) is 7.58. The molecule has 1 amide bonds. The third-order valence-electron chi connectivity index (χ3n) is 3.80. The van der Waals surface area contributed by atoms with Gasteiger partial charge in [0.2, 0.25) is 5.91 Å². The van der Waals surface area contributed by atoms with E-state index in [2.05, 4.69) is 26.1 Å². The zero-order chi connectivity index (χ0) is 15.9. The summed E-state index contributed by atoms with van der Waals surface area (Å²) in [5.74, 6) is 0.218. The van der Waals surface area contributed by atoms with Crippen molar-refractivity contribution in [3.63, 3.8) is 0 Å². The van der Waals surface area contributed by atoms with E-state index in [1.165, 1.54) is 0 Å². The van der Waals surface area contributed by atoms with Gasteiger partial charge in [-0.3, -0.25) is 4.79 Å². The third kappa shape index (κ3) is 4.83. The van der Waals surface area contributed by atoms with Crippen molar-refractivity contribution in [1.29, 1.82) is 0 Å². The van der Waals surface area contributed by atoms with Gasteiger partial charge in [-0.15, -0.1) is 0 Å². The molecule has 0 spiro atoms. The van der Waals surface area contributed by atoms with Gasteiger partial charge in [0, 0.05) is 13.0 Å². The van der Waals surface area contributed by atoms with Crippen molar-refractivity contribution in [1.82, 2.24) is 5.32 Å². The number of nitrogens with one attached hydrogen (secondary N) is 1. The number of nitrogens with two attached hydrogens (primary N) is 1. The Balaban J connectivity index is 2.74. The highest BCUT2D eigenvalue weighted by Crippen LogP contribution is 2.25. The molecule has 0 saturated carbocycles. The maximum absolute atomic E-state index is 12.0. The molecular formula is C17H28N2O2. The minimum Gasteiger partial charge on any atom is -0.378 e. The largest absolute Gasteiger partial charge is 0.378 e. The van der Waals surface area contributed by atoms with E-state index in [0.29, 0.717) is 18.9 Å². The summed E-state index contributed by atoms with van der Waals surface area (Å²) in [6, 6.07) is 9.57. The van der Waals surface area contributed by atoms with Crippen LogP contribution in [0.2, 0.25) is 0 Å². The van der Waals surface area contributed by atoms with Crippen molar-refractivity contribution >= 4 is 5.91 Å². The normalized spacial score (nSPS) is 15.7. The molecule has 0 aromatic heterocycles. The number of hydrogen-bond donors (Lipinski definition) is 2. The topological polar surface area (TPSA) is 64.3 Å². The van der Waals surface area contributed by atoms with E-state index >= 15 is 0 Å². The molecule has 0 heterocycles. The second-order valence-electron chi connectivity index (χ2n) is 5.95. The van der Waals surface area contributed by atoms with Crippen LogP contribution in [-0.4, -0.2) is 25.7 Å². The van der Waals surface area contributed by atoms with Crippen LogP contribution in [0.25, 0.3) is 0 Å². The number of ether oxygens (including phenoxy) is 1. The van der Waals surface area contributed by atoms with Gasteiger partial charge in [-0.1, -0.05) is 44.2 Å². The zero-order valence-corrected chi connectivity index (χ0v) is 13.6. The first-order chi connectivity index (χ1) is 9.92. The number of rotatable bonds is 9. The minimum atomic E-state index is -0.876. The van der Waals surface area contributed by atoms with Gasteiger partial charge in [-0.25, -0.2) is 0 Å². The summed E-state index contributed by atoms with van der Waals surface area (Å²) < 4.78 is 5.83. The molecule has 0 aliphatic rings. The second-order valence-corrected chi connectivity index (χ2v) is 5.95. The molecular weight excluding hydrogens is 264 g/mol. The molecule has 3 N–H and O–H groups in total. The van der Waals surface area contributed by atoms with Gasteiger partial charge < -0.3 is 15.8 Å². The fraction of sp³-hybridized carbons (Fsp3) is 0.588. The maximum Gasteiger partial charge on any atom is 0.242 e. The molecule has 0 aliphatic heterocycles.